The fourth-order valence-electron chi connectivity index (χ4n) is 1.48. The van der Waals surface area contributed by atoms with Gasteiger partial charge in [-0.3, -0.25) is 0 Å². The standard InChI is InChI=1S/C12H13BrN2O/c1-12(2,16)9-4-5-11(10(13)8-9)15-7-3-6-14-15/h3-8,16H,1-2H3. The van der Waals surface area contributed by atoms with E-state index in [2.05, 4.69) is 21.0 Å². The van der Waals surface area contributed by atoms with E-state index in [4.69, 9.17) is 0 Å². The van der Waals surface area contributed by atoms with Gasteiger partial charge in [-0.1, -0.05) is 6.07 Å². The molecule has 16 heavy (non-hydrogen) atoms. The Kier molecular flexibility index (Phi) is 2.86. The fraction of sp³-hybridized carbons (Fsp3) is 0.250. The molecular formula is C12H13BrN2O. The van der Waals surface area contributed by atoms with Crippen molar-refractivity contribution in [3.8, 4) is 5.69 Å². The number of hydrogen-bond acceptors (Lipinski definition) is 2. The molecule has 84 valence electrons. The first-order valence-corrected chi connectivity index (χ1v) is 5.80. The van der Waals surface area contributed by atoms with Crippen LogP contribution in [0.25, 0.3) is 5.69 Å². The summed E-state index contributed by atoms with van der Waals surface area (Å²) in [4.78, 5) is 0. The minimum atomic E-state index is -0.828. The van der Waals surface area contributed by atoms with Crippen molar-refractivity contribution < 1.29 is 5.11 Å². The van der Waals surface area contributed by atoms with Crippen molar-refractivity contribution in [2.75, 3.05) is 0 Å². The highest BCUT2D eigenvalue weighted by Gasteiger charge is 2.17. The Balaban J connectivity index is 2.46. The highest BCUT2D eigenvalue weighted by Crippen LogP contribution is 2.27. The lowest BCUT2D eigenvalue weighted by Crippen LogP contribution is -2.15. The van der Waals surface area contributed by atoms with Crippen molar-refractivity contribution in [3.05, 3.63) is 46.7 Å². The molecule has 0 amide bonds. The molecule has 1 N–H and O–H groups in total. The van der Waals surface area contributed by atoms with Crippen LogP contribution in [-0.4, -0.2) is 14.9 Å². The van der Waals surface area contributed by atoms with Gasteiger partial charge >= 0.3 is 0 Å². The van der Waals surface area contributed by atoms with Crippen LogP contribution in [0.2, 0.25) is 0 Å². The Hall–Kier alpha value is -1.13. The quantitative estimate of drug-likeness (QED) is 0.919. The molecule has 2 aromatic rings. The summed E-state index contributed by atoms with van der Waals surface area (Å²) < 4.78 is 2.69. The van der Waals surface area contributed by atoms with Gasteiger partial charge < -0.3 is 5.11 Å². The number of halogens is 1. The molecule has 0 bridgehead atoms. The predicted molar refractivity (Wildman–Crippen MR) is 66.5 cm³/mol. The monoisotopic (exact) mass is 280 g/mol. The highest BCUT2D eigenvalue weighted by atomic mass is 79.9. The third-order valence-corrected chi connectivity index (χ3v) is 3.04. The summed E-state index contributed by atoms with van der Waals surface area (Å²) in [5.74, 6) is 0. The maximum absolute atomic E-state index is 9.89. The van der Waals surface area contributed by atoms with Gasteiger partial charge in [0.05, 0.1) is 11.3 Å². The van der Waals surface area contributed by atoms with E-state index in [-0.39, 0.29) is 0 Å². The summed E-state index contributed by atoms with van der Waals surface area (Å²) in [5, 5.41) is 14.1. The van der Waals surface area contributed by atoms with Crippen LogP contribution in [0.4, 0.5) is 0 Å². The molecule has 3 nitrogen and oxygen atoms in total. The van der Waals surface area contributed by atoms with Gasteiger partial charge in [0.1, 0.15) is 0 Å². The van der Waals surface area contributed by atoms with Gasteiger partial charge in [-0.25, -0.2) is 4.68 Å². The molecule has 0 aliphatic heterocycles. The van der Waals surface area contributed by atoms with Crippen molar-refractivity contribution in [2.45, 2.75) is 19.4 Å². The van der Waals surface area contributed by atoms with E-state index in [0.29, 0.717) is 0 Å². The second kappa shape index (κ2) is 4.03. The molecule has 0 aliphatic carbocycles. The van der Waals surface area contributed by atoms with Crippen LogP contribution in [0.15, 0.2) is 41.1 Å². The first-order valence-electron chi connectivity index (χ1n) is 5.01. The molecule has 4 heteroatoms. The number of benzene rings is 1. The molecule has 0 fully saturated rings. The Labute approximate surface area is 103 Å². The van der Waals surface area contributed by atoms with Gasteiger partial charge in [0.2, 0.25) is 0 Å². The van der Waals surface area contributed by atoms with Crippen LogP contribution in [0.1, 0.15) is 19.4 Å². The molecule has 0 saturated carbocycles. The molecule has 1 aromatic carbocycles. The third-order valence-electron chi connectivity index (χ3n) is 2.41. The van der Waals surface area contributed by atoms with Crippen molar-refractivity contribution >= 4 is 15.9 Å². The van der Waals surface area contributed by atoms with Crippen LogP contribution < -0.4 is 0 Å². The number of aromatic nitrogens is 2. The van der Waals surface area contributed by atoms with Crippen molar-refractivity contribution in [1.29, 1.82) is 0 Å². The van der Waals surface area contributed by atoms with Crippen LogP contribution >= 0.6 is 15.9 Å². The van der Waals surface area contributed by atoms with Crippen LogP contribution in [0.3, 0.4) is 0 Å². The Bertz CT molecular complexity index is 486. The number of aliphatic hydroxyl groups is 1. The maximum Gasteiger partial charge on any atom is 0.0840 e. The molecule has 1 heterocycles. The molecule has 1 aromatic heterocycles. The summed E-state index contributed by atoms with van der Waals surface area (Å²) in [5.41, 5.74) is 0.999. The van der Waals surface area contributed by atoms with E-state index >= 15 is 0 Å². The van der Waals surface area contributed by atoms with Crippen LogP contribution in [0, 0.1) is 0 Å². The van der Waals surface area contributed by atoms with Gasteiger partial charge in [0.25, 0.3) is 0 Å². The van der Waals surface area contributed by atoms with E-state index in [1.54, 1.807) is 24.7 Å². The molecule has 0 saturated heterocycles. The molecule has 0 atom stereocenters. The average molecular weight is 281 g/mol. The van der Waals surface area contributed by atoms with Gasteiger partial charge in [-0.15, -0.1) is 0 Å². The Morgan fingerprint density at radius 3 is 2.62 bits per heavy atom. The van der Waals surface area contributed by atoms with Crippen molar-refractivity contribution in [1.82, 2.24) is 9.78 Å². The normalized spacial score (nSPS) is 11.8. The van der Waals surface area contributed by atoms with E-state index < -0.39 is 5.60 Å². The smallest absolute Gasteiger partial charge is 0.0840 e. The fourth-order valence-corrected chi connectivity index (χ4v) is 2.05. The summed E-state index contributed by atoms with van der Waals surface area (Å²) in [6, 6.07) is 7.62. The van der Waals surface area contributed by atoms with E-state index in [0.717, 1.165) is 15.7 Å². The van der Waals surface area contributed by atoms with E-state index in [1.165, 1.54) is 0 Å². The Morgan fingerprint density at radius 1 is 1.38 bits per heavy atom. The third kappa shape index (κ3) is 2.18. The van der Waals surface area contributed by atoms with E-state index in [1.807, 2.05) is 30.5 Å². The minimum Gasteiger partial charge on any atom is -0.386 e. The molecular weight excluding hydrogens is 268 g/mol. The van der Waals surface area contributed by atoms with Gasteiger partial charge in [-0.2, -0.15) is 5.10 Å². The largest absolute Gasteiger partial charge is 0.386 e. The SMILES string of the molecule is CC(C)(O)c1ccc(-n2cccn2)c(Br)c1. The predicted octanol–water partition coefficient (Wildman–Crippen LogP) is 2.86. The molecule has 2 rings (SSSR count). The second-order valence-electron chi connectivity index (χ2n) is 4.18. The lowest BCUT2D eigenvalue weighted by molar-refractivity contribution is 0.0785. The lowest BCUT2D eigenvalue weighted by Gasteiger charge is -2.18. The van der Waals surface area contributed by atoms with Gasteiger partial charge in [0.15, 0.2) is 0 Å². The summed E-state index contributed by atoms with van der Waals surface area (Å²) in [7, 11) is 0. The van der Waals surface area contributed by atoms with Crippen molar-refractivity contribution in [3.63, 3.8) is 0 Å². The summed E-state index contributed by atoms with van der Waals surface area (Å²) in [6.07, 6.45) is 3.61. The zero-order chi connectivity index (χ0) is 11.8. The zero-order valence-electron chi connectivity index (χ0n) is 9.18. The summed E-state index contributed by atoms with van der Waals surface area (Å²) >= 11 is 3.49. The lowest BCUT2D eigenvalue weighted by atomic mass is 9.98. The number of nitrogens with zero attached hydrogens (tertiary/aromatic N) is 2. The van der Waals surface area contributed by atoms with E-state index in [9.17, 15) is 5.11 Å². The van der Waals surface area contributed by atoms with Crippen LogP contribution in [0.5, 0.6) is 0 Å². The maximum atomic E-state index is 9.89. The van der Waals surface area contributed by atoms with Crippen molar-refractivity contribution in [2.24, 2.45) is 0 Å². The van der Waals surface area contributed by atoms with Crippen LogP contribution in [-0.2, 0) is 5.60 Å². The molecule has 0 spiro atoms. The Morgan fingerprint density at radius 2 is 2.12 bits per heavy atom. The number of rotatable bonds is 2. The van der Waals surface area contributed by atoms with Gasteiger partial charge in [-0.05, 0) is 53.5 Å². The highest BCUT2D eigenvalue weighted by molar-refractivity contribution is 9.10. The first kappa shape index (κ1) is 11.4. The summed E-state index contributed by atoms with van der Waals surface area (Å²) in [6.45, 7) is 3.53. The molecule has 0 unspecified atom stereocenters. The average Bonchev–Trinajstić information content (AvgIpc) is 2.69. The number of hydrogen-bond donors (Lipinski definition) is 1. The molecule has 0 aliphatic rings. The molecule has 0 radical (unpaired) electrons. The minimum absolute atomic E-state index is 0.828. The topological polar surface area (TPSA) is 38.0 Å². The van der Waals surface area contributed by atoms with Gasteiger partial charge in [0, 0.05) is 16.9 Å². The first-order chi connectivity index (χ1) is 7.48. The zero-order valence-corrected chi connectivity index (χ0v) is 10.8. The second-order valence-corrected chi connectivity index (χ2v) is 5.03.